The Hall–Kier alpha value is -1.55. The van der Waals surface area contributed by atoms with Crippen molar-refractivity contribution in [3.63, 3.8) is 0 Å². The standard InChI is InChI=1S/C15H21NO3/c1-10-8-12(15(17)18-3)4-5-14(10)16-11(2)13-6-7-19-9-13/h4-5,8,11,13,16H,6-7,9H2,1-3H3. The summed E-state index contributed by atoms with van der Waals surface area (Å²) in [6, 6.07) is 5.95. The molecular weight excluding hydrogens is 242 g/mol. The Bertz CT molecular complexity index is 453. The number of hydrogen-bond acceptors (Lipinski definition) is 4. The molecule has 4 heteroatoms. The van der Waals surface area contributed by atoms with Gasteiger partial charge in [0, 0.05) is 24.3 Å². The van der Waals surface area contributed by atoms with Crippen LogP contribution in [0, 0.1) is 12.8 Å². The number of carbonyl (C=O) groups excluding carboxylic acids is 1. The van der Waals surface area contributed by atoms with E-state index >= 15 is 0 Å². The highest BCUT2D eigenvalue weighted by molar-refractivity contribution is 5.90. The summed E-state index contributed by atoms with van der Waals surface area (Å²) in [7, 11) is 1.39. The number of esters is 1. The fourth-order valence-electron chi connectivity index (χ4n) is 2.38. The van der Waals surface area contributed by atoms with Crippen molar-refractivity contribution < 1.29 is 14.3 Å². The van der Waals surface area contributed by atoms with Crippen molar-refractivity contribution in [1.29, 1.82) is 0 Å². The van der Waals surface area contributed by atoms with Crippen molar-refractivity contribution in [2.45, 2.75) is 26.3 Å². The molecule has 2 unspecified atom stereocenters. The van der Waals surface area contributed by atoms with E-state index in [9.17, 15) is 4.79 Å². The fraction of sp³-hybridized carbons (Fsp3) is 0.533. The predicted molar refractivity (Wildman–Crippen MR) is 74.5 cm³/mol. The molecule has 1 aromatic rings. The first-order valence-corrected chi connectivity index (χ1v) is 6.65. The van der Waals surface area contributed by atoms with Crippen LogP contribution in [-0.4, -0.2) is 32.3 Å². The number of hydrogen-bond donors (Lipinski definition) is 1. The molecule has 0 amide bonds. The Morgan fingerprint density at radius 1 is 1.53 bits per heavy atom. The summed E-state index contributed by atoms with van der Waals surface area (Å²) in [4.78, 5) is 11.4. The zero-order valence-corrected chi connectivity index (χ0v) is 11.7. The lowest BCUT2D eigenvalue weighted by Crippen LogP contribution is -2.26. The topological polar surface area (TPSA) is 47.6 Å². The van der Waals surface area contributed by atoms with Crippen LogP contribution < -0.4 is 5.32 Å². The Morgan fingerprint density at radius 3 is 2.89 bits per heavy atom. The molecule has 1 heterocycles. The minimum absolute atomic E-state index is 0.299. The third kappa shape index (κ3) is 3.26. The number of ether oxygens (including phenoxy) is 2. The Balaban J connectivity index is 2.06. The molecule has 0 aliphatic carbocycles. The van der Waals surface area contributed by atoms with E-state index in [0.717, 1.165) is 30.9 Å². The molecule has 104 valence electrons. The maximum absolute atomic E-state index is 11.4. The molecule has 1 aliphatic heterocycles. The molecule has 1 saturated heterocycles. The third-order valence-corrected chi connectivity index (χ3v) is 3.70. The normalized spacial score (nSPS) is 20.1. The summed E-state index contributed by atoms with van der Waals surface area (Å²) in [5.41, 5.74) is 2.70. The van der Waals surface area contributed by atoms with Crippen LogP contribution >= 0.6 is 0 Å². The van der Waals surface area contributed by atoms with Crippen LogP contribution in [0.15, 0.2) is 18.2 Å². The van der Waals surface area contributed by atoms with Crippen LogP contribution in [0.3, 0.4) is 0 Å². The van der Waals surface area contributed by atoms with Gasteiger partial charge in [-0.05, 0) is 44.0 Å². The summed E-state index contributed by atoms with van der Waals surface area (Å²) >= 11 is 0. The van der Waals surface area contributed by atoms with E-state index in [1.165, 1.54) is 7.11 Å². The van der Waals surface area contributed by atoms with Gasteiger partial charge in [-0.3, -0.25) is 0 Å². The second-order valence-electron chi connectivity index (χ2n) is 5.08. The van der Waals surface area contributed by atoms with Gasteiger partial charge < -0.3 is 14.8 Å². The van der Waals surface area contributed by atoms with Gasteiger partial charge in [-0.1, -0.05) is 0 Å². The van der Waals surface area contributed by atoms with Gasteiger partial charge in [0.25, 0.3) is 0 Å². The van der Waals surface area contributed by atoms with Crippen LogP contribution in [0.5, 0.6) is 0 Å². The number of methoxy groups -OCH3 is 1. The van der Waals surface area contributed by atoms with Gasteiger partial charge in [0.1, 0.15) is 0 Å². The number of anilines is 1. The van der Waals surface area contributed by atoms with Crippen LogP contribution in [-0.2, 0) is 9.47 Å². The number of benzene rings is 1. The molecule has 0 bridgehead atoms. The van der Waals surface area contributed by atoms with Crippen LogP contribution in [0.2, 0.25) is 0 Å². The Labute approximate surface area is 114 Å². The second-order valence-corrected chi connectivity index (χ2v) is 5.08. The van der Waals surface area contributed by atoms with Gasteiger partial charge in [0.15, 0.2) is 0 Å². The summed E-state index contributed by atoms with van der Waals surface area (Å²) < 4.78 is 10.1. The maximum atomic E-state index is 11.4. The third-order valence-electron chi connectivity index (χ3n) is 3.70. The average molecular weight is 263 g/mol. The van der Waals surface area contributed by atoms with E-state index in [4.69, 9.17) is 9.47 Å². The summed E-state index contributed by atoms with van der Waals surface area (Å²) in [5.74, 6) is 0.256. The smallest absolute Gasteiger partial charge is 0.337 e. The summed E-state index contributed by atoms with van der Waals surface area (Å²) in [6.45, 7) is 5.85. The molecule has 0 saturated carbocycles. The van der Waals surface area contributed by atoms with Crippen molar-refractivity contribution in [1.82, 2.24) is 0 Å². The van der Waals surface area contributed by atoms with E-state index in [0.29, 0.717) is 17.5 Å². The first-order chi connectivity index (χ1) is 9.11. The summed E-state index contributed by atoms with van der Waals surface area (Å²) in [5, 5.41) is 3.50. The van der Waals surface area contributed by atoms with E-state index < -0.39 is 0 Å². The molecule has 19 heavy (non-hydrogen) atoms. The first kappa shape index (κ1) is 13.9. The predicted octanol–water partition coefficient (Wildman–Crippen LogP) is 2.62. The van der Waals surface area contributed by atoms with Crippen LogP contribution in [0.4, 0.5) is 5.69 Å². The lowest BCUT2D eigenvalue weighted by atomic mass is 9.99. The number of carbonyl (C=O) groups is 1. The van der Waals surface area contributed by atoms with Crippen molar-refractivity contribution in [2.75, 3.05) is 25.6 Å². The molecule has 2 rings (SSSR count). The Morgan fingerprint density at radius 2 is 2.32 bits per heavy atom. The minimum atomic E-state index is -0.299. The average Bonchev–Trinajstić information content (AvgIpc) is 2.94. The molecule has 1 N–H and O–H groups in total. The van der Waals surface area contributed by atoms with E-state index in [1.54, 1.807) is 6.07 Å². The van der Waals surface area contributed by atoms with Gasteiger partial charge in [0.05, 0.1) is 19.3 Å². The lowest BCUT2D eigenvalue weighted by Gasteiger charge is -2.22. The molecule has 0 aromatic heterocycles. The molecule has 1 fully saturated rings. The van der Waals surface area contributed by atoms with Crippen LogP contribution in [0.1, 0.15) is 29.3 Å². The second kappa shape index (κ2) is 6.06. The summed E-state index contributed by atoms with van der Waals surface area (Å²) in [6.07, 6.45) is 1.10. The van der Waals surface area contributed by atoms with Crippen LogP contribution in [0.25, 0.3) is 0 Å². The minimum Gasteiger partial charge on any atom is -0.465 e. The van der Waals surface area contributed by atoms with Gasteiger partial charge >= 0.3 is 5.97 Å². The van der Waals surface area contributed by atoms with E-state index in [2.05, 4.69) is 12.2 Å². The van der Waals surface area contributed by atoms with Gasteiger partial charge in [-0.25, -0.2) is 4.79 Å². The number of aryl methyl sites for hydroxylation is 1. The van der Waals surface area contributed by atoms with Gasteiger partial charge in [-0.15, -0.1) is 0 Å². The van der Waals surface area contributed by atoms with E-state index in [-0.39, 0.29) is 5.97 Å². The van der Waals surface area contributed by atoms with Crippen molar-refractivity contribution >= 4 is 11.7 Å². The van der Waals surface area contributed by atoms with Gasteiger partial charge in [-0.2, -0.15) is 0 Å². The van der Waals surface area contributed by atoms with E-state index in [1.807, 2.05) is 19.1 Å². The largest absolute Gasteiger partial charge is 0.465 e. The number of rotatable bonds is 4. The first-order valence-electron chi connectivity index (χ1n) is 6.65. The zero-order chi connectivity index (χ0) is 13.8. The highest BCUT2D eigenvalue weighted by atomic mass is 16.5. The highest BCUT2D eigenvalue weighted by Gasteiger charge is 2.22. The van der Waals surface area contributed by atoms with Crippen molar-refractivity contribution in [2.24, 2.45) is 5.92 Å². The van der Waals surface area contributed by atoms with Gasteiger partial charge in [0.2, 0.25) is 0 Å². The highest BCUT2D eigenvalue weighted by Crippen LogP contribution is 2.23. The van der Waals surface area contributed by atoms with Crippen molar-refractivity contribution in [3.05, 3.63) is 29.3 Å². The lowest BCUT2D eigenvalue weighted by molar-refractivity contribution is 0.0600. The molecule has 1 aliphatic rings. The zero-order valence-electron chi connectivity index (χ0n) is 11.7. The molecular formula is C15H21NO3. The molecule has 0 radical (unpaired) electrons. The Kier molecular flexibility index (Phi) is 4.43. The number of nitrogens with one attached hydrogen (secondary N) is 1. The fourth-order valence-corrected chi connectivity index (χ4v) is 2.38. The SMILES string of the molecule is COC(=O)c1ccc(NC(C)C2CCOC2)c(C)c1. The molecule has 2 atom stereocenters. The molecule has 0 spiro atoms. The van der Waals surface area contributed by atoms with Crippen molar-refractivity contribution in [3.8, 4) is 0 Å². The maximum Gasteiger partial charge on any atom is 0.337 e. The molecule has 1 aromatic carbocycles. The quantitative estimate of drug-likeness (QED) is 0.848. The molecule has 4 nitrogen and oxygen atoms in total. The monoisotopic (exact) mass is 263 g/mol.